The second-order valence-corrected chi connectivity index (χ2v) is 6.44. The smallest absolute Gasteiger partial charge is 0.253 e. The highest BCUT2D eigenvalue weighted by Gasteiger charge is 2.31. The van der Waals surface area contributed by atoms with E-state index >= 15 is 0 Å². The lowest BCUT2D eigenvalue weighted by Gasteiger charge is -2.44. The van der Waals surface area contributed by atoms with Gasteiger partial charge in [-0.3, -0.25) is 9.69 Å². The van der Waals surface area contributed by atoms with Gasteiger partial charge >= 0.3 is 0 Å². The molecule has 122 valence electrons. The quantitative estimate of drug-likeness (QED) is 0.781. The van der Waals surface area contributed by atoms with Crippen LogP contribution in [0.3, 0.4) is 0 Å². The van der Waals surface area contributed by atoms with E-state index in [4.69, 9.17) is 16.3 Å². The van der Waals surface area contributed by atoms with Crippen LogP contribution in [0.5, 0.6) is 0 Å². The molecule has 1 aliphatic rings. The lowest BCUT2D eigenvalue weighted by Crippen LogP contribution is -2.58. The number of benzene rings is 1. The van der Waals surface area contributed by atoms with E-state index in [0.29, 0.717) is 22.7 Å². The predicted octanol–water partition coefficient (Wildman–Crippen LogP) is 2.91. The minimum atomic E-state index is 0.0897. The molecule has 1 aromatic carbocycles. The van der Waals surface area contributed by atoms with E-state index in [1.54, 1.807) is 31.4 Å². The van der Waals surface area contributed by atoms with Crippen LogP contribution >= 0.6 is 11.6 Å². The highest BCUT2D eigenvalue weighted by atomic mass is 35.5. The van der Waals surface area contributed by atoms with Crippen LogP contribution in [-0.4, -0.2) is 61.1 Å². The Bertz CT molecular complexity index is 480. The third-order valence-corrected chi connectivity index (χ3v) is 4.50. The van der Waals surface area contributed by atoms with Crippen LogP contribution in [0.1, 0.15) is 30.6 Å². The Morgan fingerprint density at radius 2 is 1.82 bits per heavy atom. The van der Waals surface area contributed by atoms with Gasteiger partial charge in [-0.25, -0.2) is 0 Å². The second-order valence-electron chi connectivity index (χ2n) is 6.00. The zero-order valence-electron chi connectivity index (χ0n) is 13.6. The lowest BCUT2D eigenvalue weighted by atomic mass is 10.1. The summed E-state index contributed by atoms with van der Waals surface area (Å²) < 4.78 is 5.13. The topological polar surface area (TPSA) is 32.8 Å². The summed E-state index contributed by atoms with van der Waals surface area (Å²) in [5.41, 5.74) is 0.705. The molecular weight excluding hydrogens is 300 g/mol. The lowest BCUT2D eigenvalue weighted by molar-refractivity contribution is 0.0270. The van der Waals surface area contributed by atoms with Crippen molar-refractivity contribution in [2.45, 2.75) is 32.4 Å². The monoisotopic (exact) mass is 324 g/mol. The van der Waals surface area contributed by atoms with E-state index in [0.717, 1.165) is 32.7 Å². The third-order valence-electron chi connectivity index (χ3n) is 4.24. The number of rotatable bonds is 5. The molecule has 1 heterocycles. The molecule has 2 unspecified atom stereocenters. The minimum Gasteiger partial charge on any atom is -0.385 e. The summed E-state index contributed by atoms with van der Waals surface area (Å²) in [7, 11) is 1.73. The fourth-order valence-corrected chi connectivity index (χ4v) is 3.26. The Labute approximate surface area is 138 Å². The number of amides is 1. The van der Waals surface area contributed by atoms with Crippen LogP contribution < -0.4 is 0 Å². The van der Waals surface area contributed by atoms with Crippen LogP contribution in [0.25, 0.3) is 0 Å². The Morgan fingerprint density at radius 3 is 2.36 bits per heavy atom. The van der Waals surface area contributed by atoms with Gasteiger partial charge in [-0.2, -0.15) is 0 Å². The number of carbonyl (C=O) groups excluding carboxylic acids is 1. The van der Waals surface area contributed by atoms with Crippen molar-refractivity contribution < 1.29 is 9.53 Å². The van der Waals surface area contributed by atoms with Crippen molar-refractivity contribution in [1.82, 2.24) is 9.80 Å². The molecule has 0 aromatic heterocycles. The van der Waals surface area contributed by atoms with E-state index in [2.05, 4.69) is 18.7 Å². The van der Waals surface area contributed by atoms with Crippen molar-refractivity contribution in [3.8, 4) is 0 Å². The highest BCUT2D eigenvalue weighted by molar-refractivity contribution is 6.30. The summed E-state index contributed by atoms with van der Waals surface area (Å²) in [6, 6.07) is 7.84. The maximum atomic E-state index is 12.6. The molecule has 5 heteroatoms. The first-order chi connectivity index (χ1) is 10.5. The number of ether oxygens (including phenoxy) is 1. The normalized spacial score (nSPS) is 22.8. The molecule has 1 saturated heterocycles. The maximum absolute atomic E-state index is 12.6. The molecule has 22 heavy (non-hydrogen) atoms. The fourth-order valence-electron chi connectivity index (χ4n) is 3.13. The van der Waals surface area contributed by atoms with E-state index in [9.17, 15) is 4.79 Å². The Kier molecular flexibility index (Phi) is 6.24. The Hall–Kier alpha value is -1.10. The van der Waals surface area contributed by atoms with Crippen LogP contribution in [0.2, 0.25) is 5.02 Å². The largest absolute Gasteiger partial charge is 0.385 e. The molecule has 4 nitrogen and oxygen atoms in total. The molecule has 0 spiro atoms. The molecule has 1 fully saturated rings. The first kappa shape index (κ1) is 17.3. The first-order valence-corrected chi connectivity index (χ1v) is 8.20. The summed E-state index contributed by atoms with van der Waals surface area (Å²) in [6.45, 7) is 7.69. The van der Waals surface area contributed by atoms with E-state index in [1.807, 2.05) is 4.90 Å². The summed E-state index contributed by atoms with van der Waals surface area (Å²) in [6.07, 6.45) is 1.02. The molecule has 1 aromatic rings. The van der Waals surface area contributed by atoms with Crippen molar-refractivity contribution >= 4 is 17.5 Å². The molecule has 0 aliphatic carbocycles. The van der Waals surface area contributed by atoms with Gasteiger partial charge in [0.2, 0.25) is 0 Å². The van der Waals surface area contributed by atoms with Crippen molar-refractivity contribution in [1.29, 1.82) is 0 Å². The number of nitrogens with zero attached hydrogens (tertiary/aromatic N) is 2. The van der Waals surface area contributed by atoms with Gasteiger partial charge in [0, 0.05) is 56.0 Å². The number of methoxy groups -OCH3 is 1. The fraction of sp³-hybridized carbons (Fsp3) is 0.588. The van der Waals surface area contributed by atoms with Crippen LogP contribution in [0, 0.1) is 0 Å². The van der Waals surface area contributed by atoms with Crippen LogP contribution in [-0.2, 0) is 4.74 Å². The summed E-state index contributed by atoms with van der Waals surface area (Å²) in [5.74, 6) is 0.0897. The maximum Gasteiger partial charge on any atom is 0.253 e. The third kappa shape index (κ3) is 4.22. The summed E-state index contributed by atoms with van der Waals surface area (Å²) in [5, 5.41) is 0.654. The van der Waals surface area contributed by atoms with E-state index < -0.39 is 0 Å². The number of hydrogen-bond donors (Lipinski definition) is 0. The average Bonchev–Trinajstić information content (AvgIpc) is 2.50. The van der Waals surface area contributed by atoms with E-state index in [-0.39, 0.29) is 5.91 Å². The standard InChI is InChI=1S/C17H25ClN2O2/c1-13-11-19(12-14(2)20(13)9-4-10-22-3)17(21)15-5-7-16(18)8-6-15/h5-8,13-14H,4,9-12H2,1-3H3. The van der Waals surface area contributed by atoms with Crippen molar-refractivity contribution in [3.63, 3.8) is 0 Å². The van der Waals surface area contributed by atoms with E-state index in [1.165, 1.54) is 0 Å². The first-order valence-electron chi connectivity index (χ1n) is 7.82. The zero-order valence-corrected chi connectivity index (χ0v) is 14.3. The molecule has 1 aliphatic heterocycles. The van der Waals surface area contributed by atoms with Crippen molar-refractivity contribution in [2.75, 3.05) is 33.4 Å². The molecule has 0 radical (unpaired) electrons. The SMILES string of the molecule is COCCCN1C(C)CN(C(=O)c2ccc(Cl)cc2)CC1C. The van der Waals surface area contributed by atoms with Gasteiger partial charge in [-0.1, -0.05) is 11.6 Å². The molecule has 2 atom stereocenters. The van der Waals surface area contributed by atoms with Gasteiger partial charge in [0.25, 0.3) is 5.91 Å². The molecule has 2 rings (SSSR count). The molecule has 1 amide bonds. The predicted molar refractivity (Wildman–Crippen MR) is 89.5 cm³/mol. The average molecular weight is 325 g/mol. The summed E-state index contributed by atoms with van der Waals surface area (Å²) in [4.78, 5) is 17.0. The van der Waals surface area contributed by atoms with Gasteiger partial charge in [-0.15, -0.1) is 0 Å². The second kappa shape index (κ2) is 7.95. The van der Waals surface area contributed by atoms with Crippen LogP contribution in [0.4, 0.5) is 0 Å². The van der Waals surface area contributed by atoms with Crippen molar-refractivity contribution in [3.05, 3.63) is 34.9 Å². The van der Waals surface area contributed by atoms with Gasteiger partial charge in [-0.05, 0) is 44.5 Å². The molecule has 0 bridgehead atoms. The number of hydrogen-bond acceptors (Lipinski definition) is 3. The summed E-state index contributed by atoms with van der Waals surface area (Å²) >= 11 is 5.89. The van der Waals surface area contributed by atoms with Gasteiger partial charge in [0.1, 0.15) is 0 Å². The van der Waals surface area contributed by atoms with Gasteiger partial charge < -0.3 is 9.64 Å². The highest BCUT2D eigenvalue weighted by Crippen LogP contribution is 2.19. The number of carbonyl (C=O) groups is 1. The van der Waals surface area contributed by atoms with Gasteiger partial charge in [0.05, 0.1) is 0 Å². The number of piperazine rings is 1. The Morgan fingerprint density at radius 1 is 1.23 bits per heavy atom. The molecule has 0 saturated carbocycles. The Balaban J connectivity index is 1.98. The van der Waals surface area contributed by atoms with Gasteiger partial charge in [0.15, 0.2) is 0 Å². The molecule has 0 N–H and O–H groups in total. The molecular formula is C17H25ClN2O2. The number of halogens is 1. The van der Waals surface area contributed by atoms with Crippen molar-refractivity contribution in [2.24, 2.45) is 0 Å². The zero-order chi connectivity index (χ0) is 16.1. The minimum absolute atomic E-state index is 0.0897. The van der Waals surface area contributed by atoms with Crippen LogP contribution in [0.15, 0.2) is 24.3 Å².